The van der Waals surface area contributed by atoms with Crippen LogP contribution in [0.15, 0.2) is 60.7 Å². The van der Waals surface area contributed by atoms with Gasteiger partial charge >= 0.3 is 0 Å². The number of fused-ring (bicyclic) bond motifs is 1. The minimum atomic E-state index is -0.209. The molecule has 3 nitrogen and oxygen atoms in total. The van der Waals surface area contributed by atoms with E-state index in [4.69, 9.17) is 9.47 Å². The lowest BCUT2D eigenvalue weighted by Gasteiger charge is -2.36. The van der Waals surface area contributed by atoms with E-state index in [0.717, 1.165) is 31.7 Å². The molecule has 2 heterocycles. The summed E-state index contributed by atoms with van der Waals surface area (Å²) in [6, 6.07) is 21.2. The highest BCUT2D eigenvalue weighted by atomic mass is 16.7. The molecule has 0 saturated carbocycles. The Morgan fingerprint density at radius 2 is 1.68 bits per heavy atom. The number of likely N-dealkylation sites (tertiary alicyclic amines) is 1. The fourth-order valence-corrected chi connectivity index (χ4v) is 3.44. The van der Waals surface area contributed by atoms with Crippen LogP contribution < -0.4 is 0 Å². The Balaban J connectivity index is 1.42. The summed E-state index contributed by atoms with van der Waals surface area (Å²) in [6.07, 6.45) is 1.16. The summed E-state index contributed by atoms with van der Waals surface area (Å²) in [6.45, 7) is 2.80. The van der Waals surface area contributed by atoms with Gasteiger partial charge in [0.25, 0.3) is 0 Å². The molecule has 3 atom stereocenters. The van der Waals surface area contributed by atoms with E-state index in [1.165, 1.54) is 5.56 Å². The molecule has 0 N–H and O–H groups in total. The van der Waals surface area contributed by atoms with Crippen molar-refractivity contribution < 1.29 is 9.47 Å². The second-order valence-corrected chi connectivity index (χ2v) is 6.06. The van der Waals surface area contributed by atoms with Crippen molar-refractivity contribution in [3.63, 3.8) is 0 Å². The highest BCUT2D eigenvalue weighted by Gasteiger charge is 2.40. The van der Waals surface area contributed by atoms with Gasteiger partial charge in [0, 0.05) is 18.7 Å². The van der Waals surface area contributed by atoms with Crippen molar-refractivity contribution >= 4 is 0 Å². The van der Waals surface area contributed by atoms with E-state index in [9.17, 15) is 0 Å². The number of ether oxygens (including phenoxy) is 2. The van der Waals surface area contributed by atoms with Gasteiger partial charge in [0.05, 0.1) is 18.8 Å². The Hall–Kier alpha value is -1.68. The van der Waals surface area contributed by atoms with Crippen molar-refractivity contribution in [3.8, 4) is 0 Å². The predicted molar refractivity (Wildman–Crippen MR) is 85.3 cm³/mol. The molecule has 2 aromatic rings. The molecule has 2 saturated heterocycles. The van der Waals surface area contributed by atoms with Crippen LogP contribution in [0.3, 0.4) is 0 Å². The van der Waals surface area contributed by atoms with Crippen LogP contribution in [0.2, 0.25) is 0 Å². The number of hydrogen-bond donors (Lipinski definition) is 0. The van der Waals surface area contributed by atoms with Gasteiger partial charge in [-0.1, -0.05) is 60.7 Å². The summed E-state index contributed by atoms with van der Waals surface area (Å²) >= 11 is 0. The lowest BCUT2D eigenvalue weighted by Crippen LogP contribution is -2.44. The Morgan fingerprint density at radius 1 is 0.955 bits per heavy atom. The minimum absolute atomic E-state index is 0.209. The molecule has 0 amide bonds. The summed E-state index contributed by atoms with van der Waals surface area (Å²) in [5, 5.41) is 0. The molecule has 0 bridgehead atoms. The molecule has 3 heteroatoms. The van der Waals surface area contributed by atoms with E-state index >= 15 is 0 Å². The van der Waals surface area contributed by atoms with Crippen LogP contribution in [0, 0.1) is 0 Å². The molecule has 2 aliphatic heterocycles. The quantitative estimate of drug-likeness (QED) is 0.866. The van der Waals surface area contributed by atoms with Crippen LogP contribution in [0.25, 0.3) is 0 Å². The largest absolute Gasteiger partial charge is 0.347 e. The average molecular weight is 295 g/mol. The van der Waals surface area contributed by atoms with Crippen LogP contribution in [-0.4, -0.2) is 30.2 Å². The summed E-state index contributed by atoms with van der Waals surface area (Å²) in [7, 11) is 0. The zero-order chi connectivity index (χ0) is 14.8. The van der Waals surface area contributed by atoms with E-state index < -0.39 is 0 Å². The molecule has 2 aromatic carbocycles. The first-order valence-electron chi connectivity index (χ1n) is 8.00. The van der Waals surface area contributed by atoms with E-state index in [-0.39, 0.29) is 12.4 Å². The fraction of sp³-hybridized carbons (Fsp3) is 0.368. The van der Waals surface area contributed by atoms with Crippen molar-refractivity contribution in [1.82, 2.24) is 4.90 Å². The second kappa shape index (κ2) is 6.21. The van der Waals surface area contributed by atoms with Gasteiger partial charge in [0.2, 0.25) is 0 Å². The predicted octanol–water partition coefficient (Wildman–Crippen LogP) is 3.38. The molecule has 22 heavy (non-hydrogen) atoms. The third-order valence-corrected chi connectivity index (χ3v) is 4.62. The molecule has 4 rings (SSSR count). The van der Waals surface area contributed by atoms with Crippen molar-refractivity contribution in [1.29, 1.82) is 0 Å². The van der Waals surface area contributed by atoms with E-state index in [1.807, 2.05) is 18.2 Å². The topological polar surface area (TPSA) is 21.7 Å². The van der Waals surface area contributed by atoms with Crippen LogP contribution in [-0.2, 0) is 16.0 Å². The van der Waals surface area contributed by atoms with Gasteiger partial charge in [-0.25, -0.2) is 0 Å². The third kappa shape index (κ3) is 2.80. The molecule has 0 spiro atoms. The molecule has 2 fully saturated rings. The number of rotatable bonds is 3. The molecule has 0 radical (unpaired) electrons. The summed E-state index contributed by atoms with van der Waals surface area (Å²) in [5.74, 6) is 0. The smallest absolute Gasteiger partial charge is 0.184 e. The average Bonchev–Trinajstić information content (AvgIpc) is 2.99. The Bertz CT molecular complexity index is 601. The minimum Gasteiger partial charge on any atom is -0.347 e. The zero-order valence-electron chi connectivity index (χ0n) is 12.6. The maximum atomic E-state index is 6.20. The van der Waals surface area contributed by atoms with E-state index in [2.05, 4.69) is 47.4 Å². The summed E-state index contributed by atoms with van der Waals surface area (Å²) < 4.78 is 12.2. The number of benzene rings is 2. The first-order chi connectivity index (χ1) is 10.9. The Labute approximate surface area is 131 Å². The van der Waals surface area contributed by atoms with Gasteiger partial charge in [0.1, 0.15) is 0 Å². The lowest BCUT2D eigenvalue weighted by molar-refractivity contribution is -0.230. The Morgan fingerprint density at radius 3 is 2.45 bits per heavy atom. The SMILES string of the molecule is c1ccc(CN2CC[C@@H]3OC(c4ccccc4)OC[C@H]32)cc1. The van der Waals surface area contributed by atoms with Crippen LogP contribution in [0.1, 0.15) is 23.8 Å². The molecular formula is C19H21NO2. The highest BCUT2D eigenvalue weighted by Crippen LogP contribution is 2.34. The zero-order valence-corrected chi connectivity index (χ0v) is 12.6. The molecular weight excluding hydrogens is 274 g/mol. The Kier molecular flexibility index (Phi) is 3.94. The van der Waals surface area contributed by atoms with E-state index in [1.54, 1.807) is 0 Å². The molecule has 0 aromatic heterocycles. The number of hydrogen-bond acceptors (Lipinski definition) is 3. The third-order valence-electron chi connectivity index (χ3n) is 4.62. The normalized spacial score (nSPS) is 28.5. The van der Waals surface area contributed by atoms with Crippen molar-refractivity contribution in [2.45, 2.75) is 31.4 Å². The number of nitrogens with zero attached hydrogens (tertiary/aromatic N) is 1. The van der Waals surface area contributed by atoms with Gasteiger partial charge in [-0.05, 0) is 12.0 Å². The molecule has 0 aliphatic carbocycles. The first-order valence-corrected chi connectivity index (χ1v) is 8.00. The first kappa shape index (κ1) is 13.9. The molecule has 1 unspecified atom stereocenters. The van der Waals surface area contributed by atoms with Crippen LogP contribution in [0.4, 0.5) is 0 Å². The van der Waals surface area contributed by atoms with Gasteiger partial charge in [-0.3, -0.25) is 4.90 Å². The summed E-state index contributed by atoms with van der Waals surface area (Å²) in [5.41, 5.74) is 2.47. The van der Waals surface area contributed by atoms with Crippen molar-refractivity contribution in [2.75, 3.05) is 13.2 Å². The second-order valence-electron chi connectivity index (χ2n) is 6.06. The van der Waals surface area contributed by atoms with Crippen LogP contribution >= 0.6 is 0 Å². The monoisotopic (exact) mass is 295 g/mol. The van der Waals surface area contributed by atoms with Gasteiger partial charge < -0.3 is 9.47 Å². The molecule has 2 aliphatic rings. The standard InChI is InChI=1S/C19H21NO2/c1-3-7-15(8-4-1)13-20-12-11-18-17(20)14-21-19(22-18)16-9-5-2-6-10-16/h1-10,17-19H,11-14H2/t17-,18+,19?/m1/s1. The lowest BCUT2D eigenvalue weighted by atomic mass is 10.1. The van der Waals surface area contributed by atoms with Gasteiger partial charge in [-0.2, -0.15) is 0 Å². The summed E-state index contributed by atoms with van der Waals surface area (Å²) in [4.78, 5) is 2.49. The molecule has 114 valence electrons. The van der Waals surface area contributed by atoms with Gasteiger partial charge in [0.15, 0.2) is 6.29 Å². The van der Waals surface area contributed by atoms with Gasteiger partial charge in [-0.15, -0.1) is 0 Å². The van der Waals surface area contributed by atoms with Crippen LogP contribution in [0.5, 0.6) is 0 Å². The van der Waals surface area contributed by atoms with E-state index in [0.29, 0.717) is 6.04 Å². The van der Waals surface area contributed by atoms with Crippen molar-refractivity contribution in [3.05, 3.63) is 71.8 Å². The maximum Gasteiger partial charge on any atom is 0.184 e. The fourth-order valence-electron chi connectivity index (χ4n) is 3.44. The van der Waals surface area contributed by atoms with Crippen molar-refractivity contribution in [2.24, 2.45) is 0 Å². The highest BCUT2D eigenvalue weighted by molar-refractivity contribution is 5.17. The maximum absolute atomic E-state index is 6.20.